The molecule has 0 spiro atoms. The van der Waals surface area contributed by atoms with Gasteiger partial charge in [0.15, 0.2) is 11.5 Å². The molecular weight excluding hydrogens is 292 g/mol. The van der Waals surface area contributed by atoms with E-state index in [1.165, 1.54) is 7.11 Å². The van der Waals surface area contributed by atoms with Gasteiger partial charge in [0.05, 0.1) is 19.9 Å². The van der Waals surface area contributed by atoms with Crippen LogP contribution in [-0.4, -0.2) is 25.8 Å². The molecule has 1 N–H and O–H groups in total. The number of ether oxygens (including phenoxy) is 2. The molecule has 0 bridgehead atoms. The lowest BCUT2D eigenvalue weighted by atomic mass is 10.1. The van der Waals surface area contributed by atoms with E-state index in [0.717, 1.165) is 17.7 Å². The maximum Gasteiger partial charge on any atom is 0.271 e. The summed E-state index contributed by atoms with van der Waals surface area (Å²) in [6.07, 6.45) is 0.718. The quantitative estimate of drug-likeness (QED) is 0.658. The van der Waals surface area contributed by atoms with Gasteiger partial charge in [-0.15, -0.1) is 0 Å². The lowest BCUT2D eigenvalue weighted by Gasteiger charge is -2.09. The molecule has 0 fully saturated rings. The van der Waals surface area contributed by atoms with Gasteiger partial charge in [-0.25, -0.2) is 5.43 Å². The molecule has 23 heavy (non-hydrogen) atoms. The minimum Gasteiger partial charge on any atom is -0.493 e. The molecule has 0 saturated carbocycles. The fourth-order valence-corrected chi connectivity index (χ4v) is 2.14. The Hall–Kier alpha value is -2.82. The highest BCUT2D eigenvalue weighted by Crippen LogP contribution is 2.27. The van der Waals surface area contributed by atoms with Gasteiger partial charge >= 0.3 is 0 Å². The standard InChI is InChI=1S/C18H20N2O3/c1-4-15(13-8-6-5-7-9-13)19-20-18(21)14-10-11-16(22-2)17(12-14)23-3/h5-12H,4H2,1-3H3,(H,20,21). The molecule has 0 aromatic heterocycles. The van der Waals surface area contributed by atoms with Crippen LogP contribution >= 0.6 is 0 Å². The number of carbonyl (C=O) groups excluding carboxylic acids is 1. The summed E-state index contributed by atoms with van der Waals surface area (Å²) in [6.45, 7) is 1.99. The maximum atomic E-state index is 12.2. The summed E-state index contributed by atoms with van der Waals surface area (Å²) in [6, 6.07) is 14.7. The topological polar surface area (TPSA) is 59.9 Å². The monoisotopic (exact) mass is 312 g/mol. The molecule has 120 valence electrons. The van der Waals surface area contributed by atoms with Crippen molar-refractivity contribution in [2.75, 3.05) is 14.2 Å². The summed E-state index contributed by atoms with van der Waals surface area (Å²) in [5.74, 6) is 0.779. The molecule has 0 radical (unpaired) electrons. The van der Waals surface area contributed by atoms with Crippen molar-refractivity contribution >= 4 is 11.6 Å². The molecule has 0 aliphatic heterocycles. The van der Waals surface area contributed by atoms with E-state index in [2.05, 4.69) is 10.5 Å². The highest BCUT2D eigenvalue weighted by atomic mass is 16.5. The van der Waals surface area contributed by atoms with Crippen LogP contribution in [0.25, 0.3) is 0 Å². The minimum absolute atomic E-state index is 0.298. The van der Waals surface area contributed by atoms with Gasteiger partial charge in [0, 0.05) is 5.56 Å². The first-order valence-corrected chi connectivity index (χ1v) is 7.34. The number of hydrazone groups is 1. The first-order valence-electron chi connectivity index (χ1n) is 7.34. The molecule has 2 aromatic carbocycles. The molecule has 2 aromatic rings. The third-order valence-electron chi connectivity index (χ3n) is 3.38. The predicted octanol–water partition coefficient (Wildman–Crippen LogP) is 3.25. The van der Waals surface area contributed by atoms with Crippen LogP contribution in [0.4, 0.5) is 0 Å². The second-order valence-electron chi connectivity index (χ2n) is 4.79. The van der Waals surface area contributed by atoms with Crippen LogP contribution in [0.1, 0.15) is 29.3 Å². The summed E-state index contributed by atoms with van der Waals surface area (Å²) >= 11 is 0. The summed E-state index contributed by atoms with van der Waals surface area (Å²) in [5, 5.41) is 4.23. The first-order chi connectivity index (χ1) is 11.2. The van der Waals surface area contributed by atoms with Crippen LogP contribution in [0.15, 0.2) is 53.6 Å². The average Bonchev–Trinajstić information content (AvgIpc) is 2.62. The van der Waals surface area contributed by atoms with E-state index in [9.17, 15) is 4.79 Å². The van der Waals surface area contributed by atoms with Crippen molar-refractivity contribution in [3.05, 3.63) is 59.7 Å². The van der Waals surface area contributed by atoms with Crippen molar-refractivity contribution in [3.8, 4) is 11.5 Å². The van der Waals surface area contributed by atoms with Crippen molar-refractivity contribution < 1.29 is 14.3 Å². The average molecular weight is 312 g/mol. The van der Waals surface area contributed by atoms with Gasteiger partial charge in [0.1, 0.15) is 0 Å². The number of amides is 1. The second-order valence-corrected chi connectivity index (χ2v) is 4.79. The number of nitrogens with one attached hydrogen (secondary N) is 1. The van der Waals surface area contributed by atoms with Gasteiger partial charge in [0.25, 0.3) is 5.91 Å². The van der Waals surface area contributed by atoms with Gasteiger partial charge < -0.3 is 9.47 Å². The smallest absolute Gasteiger partial charge is 0.271 e. The lowest BCUT2D eigenvalue weighted by Crippen LogP contribution is -2.20. The van der Waals surface area contributed by atoms with Crippen molar-refractivity contribution in [2.45, 2.75) is 13.3 Å². The van der Waals surface area contributed by atoms with Gasteiger partial charge in [-0.2, -0.15) is 5.10 Å². The fraction of sp³-hybridized carbons (Fsp3) is 0.222. The zero-order chi connectivity index (χ0) is 16.7. The molecule has 0 saturated heterocycles. The first kappa shape index (κ1) is 16.5. The number of carbonyl (C=O) groups is 1. The van der Waals surface area contributed by atoms with Crippen molar-refractivity contribution in [1.29, 1.82) is 0 Å². The van der Waals surface area contributed by atoms with Gasteiger partial charge in [-0.1, -0.05) is 37.3 Å². The minimum atomic E-state index is -0.298. The van der Waals surface area contributed by atoms with E-state index in [4.69, 9.17) is 9.47 Å². The SMILES string of the molecule is CCC(=NNC(=O)c1ccc(OC)c(OC)c1)c1ccccc1. The normalized spacial score (nSPS) is 11.0. The summed E-state index contributed by atoms with van der Waals surface area (Å²) < 4.78 is 10.4. The Kier molecular flexibility index (Phi) is 5.74. The van der Waals surface area contributed by atoms with Crippen LogP contribution in [0, 0.1) is 0 Å². The molecule has 0 unspecified atom stereocenters. The fourth-order valence-electron chi connectivity index (χ4n) is 2.14. The van der Waals surface area contributed by atoms with Gasteiger partial charge in [-0.05, 0) is 30.2 Å². The zero-order valence-electron chi connectivity index (χ0n) is 13.5. The predicted molar refractivity (Wildman–Crippen MR) is 90.3 cm³/mol. The van der Waals surface area contributed by atoms with Crippen LogP contribution in [0.2, 0.25) is 0 Å². The van der Waals surface area contributed by atoms with Crippen LogP contribution in [-0.2, 0) is 0 Å². The molecule has 0 aliphatic rings. The molecule has 5 heteroatoms. The summed E-state index contributed by atoms with van der Waals surface area (Å²) in [4.78, 5) is 12.2. The molecule has 2 rings (SSSR count). The van der Waals surface area contributed by atoms with Crippen molar-refractivity contribution in [3.63, 3.8) is 0 Å². The number of benzene rings is 2. The van der Waals surface area contributed by atoms with Gasteiger partial charge in [0.2, 0.25) is 0 Å². The van der Waals surface area contributed by atoms with Crippen molar-refractivity contribution in [1.82, 2.24) is 5.43 Å². The van der Waals surface area contributed by atoms with E-state index >= 15 is 0 Å². The number of hydrogen-bond donors (Lipinski definition) is 1. The summed E-state index contributed by atoms with van der Waals surface area (Å²) in [5.41, 5.74) is 4.85. The molecule has 1 amide bonds. The largest absolute Gasteiger partial charge is 0.493 e. The third kappa shape index (κ3) is 4.10. The van der Waals surface area contributed by atoms with Crippen LogP contribution in [0.3, 0.4) is 0 Å². The molecule has 5 nitrogen and oxygen atoms in total. The molecule has 0 heterocycles. The highest BCUT2D eigenvalue weighted by Gasteiger charge is 2.10. The van der Waals surface area contributed by atoms with E-state index < -0.39 is 0 Å². The Bertz CT molecular complexity index is 697. The molecule has 0 aliphatic carbocycles. The Labute approximate surface area is 135 Å². The van der Waals surface area contributed by atoms with Crippen molar-refractivity contribution in [2.24, 2.45) is 5.10 Å². The maximum absolute atomic E-state index is 12.2. The second kappa shape index (κ2) is 7.98. The lowest BCUT2D eigenvalue weighted by molar-refractivity contribution is 0.0954. The van der Waals surface area contributed by atoms with Crippen LogP contribution < -0.4 is 14.9 Å². The number of hydrogen-bond acceptors (Lipinski definition) is 4. The van der Waals surface area contributed by atoms with E-state index in [1.54, 1.807) is 25.3 Å². The van der Waals surface area contributed by atoms with Crippen LogP contribution in [0.5, 0.6) is 11.5 Å². The van der Waals surface area contributed by atoms with E-state index in [1.807, 2.05) is 37.3 Å². The summed E-state index contributed by atoms with van der Waals surface area (Å²) in [7, 11) is 3.08. The Morgan fingerprint density at radius 2 is 1.70 bits per heavy atom. The van der Waals surface area contributed by atoms with E-state index in [-0.39, 0.29) is 5.91 Å². The number of nitrogens with zero attached hydrogens (tertiary/aromatic N) is 1. The number of rotatable bonds is 6. The Balaban J connectivity index is 2.17. The Morgan fingerprint density at radius 3 is 2.30 bits per heavy atom. The van der Waals surface area contributed by atoms with Gasteiger partial charge in [-0.3, -0.25) is 4.79 Å². The molecule has 0 atom stereocenters. The molecular formula is C18H20N2O3. The number of methoxy groups -OCH3 is 2. The highest BCUT2D eigenvalue weighted by molar-refractivity contribution is 6.02. The van der Waals surface area contributed by atoms with E-state index in [0.29, 0.717) is 17.1 Å². The Morgan fingerprint density at radius 1 is 1.00 bits per heavy atom. The zero-order valence-corrected chi connectivity index (χ0v) is 13.5. The third-order valence-corrected chi connectivity index (χ3v) is 3.38.